The van der Waals surface area contributed by atoms with Crippen LogP contribution in [0.15, 0.2) is 48.5 Å². The average Bonchev–Trinajstić information content (AvgIpc) is 3.02. The van der Waals surface area contributed by atoms with Crippen molar-refractivity contribution >= 4 is 28.8 Å². The molecule has 1 aromatic heterocycles. The van der Waals surface area contributed by atoms with E-state index in [4.69, 9.17) is 21.7 Å². The molecular weight excluding hydrogens is 379 g/mol. The molecule has 0 amide bonds. The average molecular weight is 400 g/mol. The molecule has 0 atom stereocenters. The van der Waals surface area contributed by atoms with E-state index in [2.05, 4.69) is 15.7 Å². The standard InChI is InChI=1S/C20H21FN4O2S/c1-13-10-19(24-25(13)12-14-6-4-5-7-16(14)21)23-20(28)22-17-9-8-15(26-2)11-18(17)27-3/h4-11H,12H2,1-3H3,(H2,22,23,24,28). The molecule has 0 saturated carbocycles. The van der Waals surface area contributed by atoms with Gasteiger partial charge in [-0.2, -0.15) is 5.10 Å². The van der Waals surface area contributed by atoms with Crippen molar-refractivity contribution < 1.29 is 13.9 Å². The predicted molar refractivity (Wildman–Crippen MR) is 112 cm³/mol. The zero-order valence-corrected chi connectivity index (χ0v) is 16.6. The summed E-state index contributed by atoms with van der Waals surface area (Å²) in [7, 11) is 3.16. The van der Waals surface area contributed by atoms with Crippen molar-refractivity contribution in [2.24, 2.45) is 0 Å². The summed E-state index contributed by atoms with van der Waals surface area (Å²) in [6.45, 7) is 2.24. The number of thiocarbonyl (C=S) groups is 1. The molecule has 146 valence electrons. The van der Waals surface area contributed by atoms with E-state index in [-0.39, 0.29) is 5.82 Å². The van der Waals surface area contributed by atoms with Crippen LogP contribution < -0.4 is 20.1 Å². The minimum atomic E-state index is -0.254. The summed E-state index contributed by atoms with van der Waals surface area (Å²) in [5.41, 5.74) is 2.16. The lowest BCUT2D eigenvalue weighted by atomic mass is 10.2. The Bertz CT molecular complexity index is 990. The smallest absolute Gasteiger partial charge is 0.176 e. The maximum atomic E-state index is 13.9. The molecule has 8 heteroatoms. The summed E-state index contributed by atoms with van der Waals surface area (Å²) in [4.78, 5) is 0. The Hall–Kier alpha value is -3.13. The third kappa shape index (κ3) is 4.58. The number of hydrogen-bond acceptors (Lipinski definition) is 4. The Morgan fingerprint density at radius 1 is 1.11 bits per heavy atom. The Morgan fingerprint density at radius 2 is 1.89 bits per heavy atom. The first-order valence-corrected chi connectivity index (χ1v) is 8.99. The van der Waals surface area contributed by atoms with E-state index >= 15 is 0 Å². The number of hydrogen-bond donors (Lipinski definition) is 2. The Kier molecular flexibility index (Phi) is 6.10. The first-order valence-electron chi connectivity index (χ1n) is 8.58. The van der Waals surface area contributed by atoms with Gasteiger partial charge in [0, 0.05) is 23.4 Å². The van der Waals surface area contributed by atoms with Crippen LogP contribution >= 0.6 is 12.2 Å². The van der Waals surface area contributed by atoms with Crippen LogP contribution in [0.5, 0.6) is 11.5 Å². The SMILES string of the molecule is COc1ccc(NC(=S)Nc2cc(C)n(Cc3ccccc3F)n2)c(OC)c1. The van der Waals surface area contributed by atoms with Crippen LogP contribution in [-0.2, 0) is 6.54 Å². The topological polar surface area (TPSA) is 60.3 Å². The maximum absolute atomic E-state index is 13.9. The molecule has 0 aliphatic heterocycles. The quantitative estimate of drug-likeness (QED) is 0.605. The van der Waals surface area contributed by atoms with Gasteiger partial charge in [0.25, 0.3) is 0 Å². The zero-order valence-electron chi connectivity index (χ0n) is 15.8. The second-order valence-corrected chi connectivity index (χ2v) is 6.47. The van der Waals surface area contributed by atoms with Gasteiger partial charge >= 0.3 is 0 Å². The number of methoxy groups -OCH3 is 2. The number of nitrogens with zero attached hydrogens (tertiary/aromatic N) is 2. The number of benzene rings is 2. The van der Waals surface area contributed by atoms with Gasteiger partial charge in [0.1, 0.15) is 17.3 Å². The van der Waals surface area contributed by atoms with Crippen LogP contribution in [0, 0.1) is 12.7 Å². The molecule has 3 aromatic rings. The van der Waals surface area contributed by atoms with Crippen molar-refractivity contribution in [3.63, 3.8) is 0 Å². The van der Waals surface area contributed by atoms with Gasteiger partial charge in [-0.1, -0.05) is 18.2 Å². The molecule has 1 heterocycles. The number of nitrogens with one attached hydrogen (secondary N) is 2. The van der Waals surface area contributed by atoms with E-state index in [0.717, 1.165) is 5.69 Å². The number of rotatable bonds is 6. The summed E-state index contributed by atoms with van der Waals surface area (Å²) in [5, 5.41) is 10.9. The highest BCUT2D eigenvalue weighted by Crippen LogP contribution is 2.29. The highest BCUT2D eigenvalue weighted by molar-refractivity contribution is 7.80. The number of halogens is 1. The van der Waals surface area contributed by atoms with E-state index in [1.165, 1.54) is 6.07 Å². The molecule has 3 rings (SSSR count). The number of aromatic nitrogens is 2. The van der Waals surface area contributed by atoms with Crippen molar-refractivity contribution in [2.45, 2.75) is 13.5 Å². The van der Waals surface area contributed by atoms with E-state index < -0.39 is 0 Å². The van der Waals surface area contributed by atoms with Crippen LogP contribution in [0.1, 0.15) is 11.3 Å². The molecule has 0 unspecified atom stereocenters. The normalized spacial score (nSPS) is 10.4. The monoisotopic (exact) mass is 400 g/mol. The Morgan fingerprint density at radius 3 is 2.61 bits per heavy atom. The third-order valence-corrected chi connectivity index (χ3v) is 4.36. The largest absolute Gasteiger partial charge is 0.497 e. The maximum Gasteiger partial charge on any atom is 0.176 e. The van der Waals surface area contributed by atoms with Crippen LogP contribution in [0.4, 0.5) is 15.9 Å². The summed E-state index contributed by atoms with van der Waals surface area (Å²) < 4.78 is 26.1. The van der Waals surface area contributed by atoms with Crippen molar-refractivity contribution in [3.8, 4) is 11.5 Å². The molecule has 0 spiro atoms. The van der Waals surface area contributed by atoms with Gasteiger partial charge in [-0.05, 0) is 37.3 Å². The lowest BCUT2D eigenvalue weighted by Gasteiger charge is -2.13. The molecular formula is C20H21FN4O2S. The number of aryl methyl sites for hydroxylation is 1. The van der Waals surface area contributed by atoms with Crippen LogP contribution in [0.3, 0.4) is 0 Å². The first-order chi connectivity index (χ1) is 13.5. The molecule has 0 aliphatic rings. The fourth-order valence-corrected chi connectivity index (χ4v) is 2.91. The van der Waals surface area contributed by atoms with Gasteiger partial charge in [0.2, 0.25) is 0 Å². The summed E-state index contributed by atoms with van der Waals surface area (Å²) in [6, 6.07) is 13.9. The molecule has 0 saturated heterocycles. The van der Waals surface area contributed by atoms with Crippen molar-refractivity contribution in [2.75, 3.05) is 24.9 Å². The van der Waals surface area contributed by atoms with Gasteiger partial charge in [-0.3, -0.25) is 4.68 Å². The summed E-state index contributed by atoms with van der Waals surface area (Å²) in [6.07, 6.45) is 0. The molecule has 6 nitrogen and oxygen atoms in total. The first kappa shape index (κ1) is 19.6. The minimum absolute atomic E-state index is 0.254. The van der Waals surface area contributed by atoms with Crippen molar-refractivity contribution in [1.29, 1.82) is 0 Å². The van der Waals surface area contributed by atoms with Crippen molar-refractivity contribution in [3.05, 3.63) is 65.6 Å². The van der Waals surface area contributed by atoms with E-state index in [0.29, 0.717) is 40.2 Å². The lowest BCUT2D eigenvalue weighted by molar-refractivity contribution is 0.395. The molecule has 0 radical (unpaired) electrons. The number of ether oxygens (including phenoxy) is 2. The lowest BCUT2D eigenvalue weighted by Crippen LogP contribution is -2.20. The molecule has 0 aliphatic carbocycles. The summed E-state index contributed by atoms with van der Waals surface area (Å²) in [5.74, 6) is 1.60. The van der Waals surface area contributed by atoms with Crippen LogP contribution in [-0.4, -0.2) is 29.1 Å². The Labute approximate surface area is 168 Å². The Balaban J connectivity index is 1.69. The third-order valence-electron chi connectivity index (χ3n) is 4.16. The van der Waals surface area contributed by atoms with Gasteiger partial charge in [-0.25, -0.2) is 4.39 Å². The fraction of sp³-hybridized carbons (Fsp3) is 0.200. The van der Waals surface area contributed by atoms with E-state index in [1.807, 2.05) is 19.1 Å². The minimum Gasteiger partial charge on any atom is -0.497 e. The molecule has 0 bridgehead atoms. The van der Waals surface area contributed by atoms with Crippen molar-refractivity contribution in [1.82, 2.24) is 9.78 Å². The van der Waals surface area contributed by atoms with E-state index in [1.54, 1.807) is 49.2 Å². The van der Waals surface area contributed by atoms with Gasteiger partial charge in [0.05, 0.1) is 26.5 Å². The van der Waals surface area contributed by atoms with Crippen LogP contribution in [0.2, 0.25) is 0 Å². The molecule has 2 aromatic carbocycles. The molecule has 28 heavy (non-hydrogen) atoms. The molecule has 2 N–H and O–H groups in total. The van der Waals surface area contributed by atoms with E-state index in [9.17, 15) is 4.39 Å². The second-order valence-electron chi connectivity index (χ2n) is 6.07. The predicted octanol–water partition coefficient (Wildman–Crippen LogP) is 4.21. The van der Waals surface area contributed by atoms with Crippen LogP contribution in [0.25, 0.3) is 0 Å². The van der Waals surface area contributed by atoms with Gasteiger partial charge < -0.3 is 20.1 Å². The second kappa shape index (κ2) is 8.71. The highest BCUT2D eigenvalue weighted by atomic mass is 32.1. The van der Waals surface area contributed by atoms with Gasteiger partial charge in [0.15, 0.2) is 10.9 Å². The summed E-state index contributed by atoms with van der Waals surface area (Å²) >= 11 is 5.37. The number of anilines is 2. The highest BCUT2D eigenvalue weighted by Gasteiger charge is 2.11. The van der Waals surface area contributed by atoms with Gasteiger partial charge in [-0.15, -0.1) is 0 Å². The molecule has 0 fully saturated rings. The zero-order chi connectivity index (χ0) is 20.1. The fourth-order valence-electron chi connectivity index (χ4n) is 2.69.